The van der Waals surface area contributed by atoms with Gasteiger partial charge in [0.2, 0.25) is 0 Å². The van der Waals surface area contributed by atoms with Crippen molar-refractivity contribution in [2.24, 2.45) is 0 Å². The fraction of sp³-hybridized carbons (Fsp3) is 0.0909. The average Bonchev–Trinajstić information content (AvgIpc) is 2.61. The summed E-state index contributed by atoms with van der Waals surface area (Å²) in [5.41, 5.74) is 1.57. The third-order valence-electron chi connectivity index (χ3n) is 2.19. The van der Waals surface area contributed by atoms with Crippen molar-refractivity contribution in [2.75, 3.05) is 0 Å². The van der Waals surface area contributed by atoms with Crippen molar-refractivity contribution in [2.45, 2.75) is 6.92 Å². The van der Waals surface area contributed by atoms with Crippen LogP contribution in [0.1, 0.15) is 16.1 Å². The third-order valence-corrected chi connectivity index (χ3v) is 2.72. The Balaban J connectivity index is 2.45. The fourth-order valence-electron chi connectivity index (χ4n) is 1.40. The molecule has 0 aliphatic heterocycles. The van der Waals surface area contributed by atoms with Crippen molar-refractivity contribution in [3.8, 4) is 5.69 Å². The van der Waals surface area contributed by atoms with E-state index >= 15 is 0 Å². The second-order valence-corrected chi connectivity index (χ2v) is 4.30. The number of carboxylic acid groups (broad SMARTS) is 1. The van der Waals surface area contributed by atoms with Gasteiger partial charge in [0.25, 0.3) is 0 Å². The molecule has 1 aromatic carbocycles. The van der Waals surface area contributed by atoms with E-state index in [1.807, 2.05) is 24.3 Å². The van der Waals surface area contributed by atoms with Gasteiger partial charge in [0, 0.05) is 16.2 Å². The molecule has 0 amide bonds. The molecule has 4 nitrogen and oxygen atoms in total. The Labute approximate surface area is 101 Å². The van der Waals surface area contributed by atoms with E-state index in [0.29, 0.717) is 5.56 Å². The normalized spacial score (nSPS) is 10.4. The van der Waals surface area contributed by atoms with Gasteiger partial charge in [-0.05, 0) is 31.2 Å². The number of aromatic nitrogens is 2. The number of nitrogens with zero attached hydrogens (tertiary/aromatic N) is 2. The highest BCUT2D eigenvalue weighted by molar-refractivity contribution is 9.10. The molecule has 0 saturated heterocycles. The molecular formula is C11H9BrN2O2. The number of aryl methyl sites for hydroxylation is 1. The van der Waals surface area contributed by atoms with Crippen LogP contribution in [-0.2, 0) is 0 Å². The Morgan fingerprint density at radius 2 is 2.00 bits per heavy atom. The van der Waals surface area contributed by atoms with E-state index < -0.39 is 5.97 Å². The van der Waals surface area contributed by atoms with Crippen LogP contribution in [0.25, 0.3) is 5.69 Å². The van der Waals surface area contributed by atoms with Crippen molar-refractivity contribution >= 4 is 21.9 Å². The van der Waals surface area contributed by atoms with Crippen LogP contribution >= 0.6 is 15.9 Å². The number of carboxylic acids is 1. The summed E-state index contributed by atoms with van der Waals surface area (Å²) in [4.78, 5) is 10.8. The number of benzene rings is 1. The molecule has 2 aromatic rings. The monoisotopic (exact) mass is 280 g/mol. The Bertz CT molecular complexity index is 531. The van der Waals surface area contributed by atoms with Gasteiger partial charge < -0.3 is 5.11 Å². The van der Waals surface area contributed by atoms with Crippen LogP contribution in [-0.4, -0.2) is 20.9 Å². The quantitative estimate of drug-likeness (QED) is 0.920. The summed E-state index contributed by atoms with van der Waals surface area (Å²) < 4.78 is 2.53. The van der Waals surface area contributed by atoms with Crippen molar-refractivity contribution in [1.82, 2.24) is 9.78 Å². The molecule has 1 aromatic heterocycles. The van der Waals surface area contributed by atoms with Gasteiger partial charge in [0.15, 0.2) is 5.69 Å². The molecule has 0 spiro atoms. The van der Waals surface area contributed by atoms with Crippen LogP contribution in [0.4, 0.5) is 0 Å². The standard InChI is InChI=1S/C11H9BrN2O2/c1-7-6-14(13-10(7)11(15)16)9-4-2-8(12)3-5-9/h2-6H,1H3,(H,15,16). The first-order valence-corrected chi connectivity index (χ1v) is 5.43. The summed E-state index contributed by atoms with van der Waals surface area (Å²) >= 11 is 3.34. The number of halogens is 1. The van der Waals surface area contributed by atoms with E-state index in [9.17, 15) is 4.79 Å². The van der Waals surface area contributed by atoms with Crippen molar-refractivity contribution in [3.63, 3.8) is 0 Å². The molecule has 0 saturated carbocycles. The zero-order valence-corrected chi connectivity index (χ0v) is 10.1. The molecule has 0 fully saturated rings. The molecule has 0 aliphatic rings. The summed E-state index contributed by atoms with van der Waals surface area (Å²) in [6, 6.07) is 7.49. The summed E-state index contributed by atoms with van der Waals surface area (Å²) in [7, 11) is 0. The van der Waals surface area contributed by atoms with Crippen molar-refractivity contribution in [1.29, 1.82) is 0 Å². The smallest absolute Gasteiger partial charge is 0.356 e. The molecule has 0 radical (unpaired) electrons. The largest absolute Gasteiger partial charge is 0.476 e. The molecule has 0 atom stereocenters. The summed E-state index contributed by atoms with van der Waals surface area (Å²) in [5.74, 6) is -1.01. The van der Waals surface area contributed by atoms with Crippen LogP contribution < -0.4 is 0 Å². The van der Waals surface area contributed by atoms with Gasteiger partial charge in [0.05, 0.1) is 5.69 Å². The van der Waals surface area contributed by atoms with Gasteiger partial charge in [0.1, 0.15) is 0 Å². The van der Waals surface area contributed by atoms with Crippen LogP contribution in [0.5, 0.6) is 0 Å². The topological polar surface area (TPSA) is 55.1 Å². The molecule has 16 heavy (non-hydrogen) atoms. The number of rotatable bonds is 2. The maximum absolute atomic E-state index is 10.8. The number of hydrogen-bond acceptors (Lipinski definition) is 2. The Morgan fingerprint density at radius 3 is 2.50 bits per heavy atom. The molecule has 0 bridgehead atoms. The minimum absolute atomic E-state index is 0.0860. The van der Waals surface area contributed by atoms with Crippen molar-refractivity contribution in [3.05, 3.63) is 46.2 Å². The second-order valence-electron chi connectivity index (χ2n) is 3.39. The minimum atomic E-state index is -1.01. The van der Waals surface area contributed by atoms with Crippen LogP contribution in [0.3, 0.4) is 0 Å². The number of hydrogen-bond donors (Lipinski definition) is 1. The molecule has 1 N–H and O–H groups in total. The lowest BCUT2D eigenvalue weighted by Gasteiger charge is -2.00. The van der Waals surface area contributed by atoms with Gasteiger partial charge in [-0.2, -0.15) is 5.10 Å². The lowest BCUT2D eigenvalue weighted by atomic mass is 10.3. The van der Waals surface area contributed by atoms with E-state index in [1.165, 1.54) is 0 Å². The van der Waals surface area contributed by atoms with Crippen LogP contribution in [0.2, 0.25) is 0 Å². The van der Waals surface area contributed by atoms with Gasteiger partial charge in [-0.15, -0.1) is 0 Å². The Morgan fingerprint density at radius 1 is 1.38 bits per heavy atom. The Kier molecular flexibility index (Phi) is 2.78. The lowest BCUT2D eigenvalue weighted by molar-refractivity contribution is 0.0689. The summed E-state index contributed by atoms with van der Waals surface area (Å²) in [6.45, 7) is 1.73. The van der Waals surface area contributed by atoms with E-state index in [1.54, 1.807) is 17.8 Å². The first-order valence-electron chi connectivity index (χ1n) is 4.63. The van der Waals surface area contributed by atoms with Crippen LogP contribution in [0.15, 0.2) is 34.9 Å². The van der Waals surface area contributed by atoms with E-state index in [4.69, 9.17) is 5.11 Å². The molecule has 1 heterocycles. The van der Waals surface area contributed by atoms with E-state index in [2.05, 4.69) is 21.0 Å². The predicted octanol–water partition coefficient (Wildman–Crippen LogP) is 2.64. The highest BCUT2D eigenvalue weighted by Crippen LogP contribution is 2.15. The SMILES string of the molecule is Cc1cn(-c2ccc(Br)cc2)nc1C(=O)O. The highest BCUT2D eigenvalue weighted by atomic mass is 79.9. The minimum Gasteiger partial charge on any atom is -0.476 e. The van der Waals surface area contributed by atoms with Crippen molar-refractivity contribution < 1.29 is 9.90 Å². The molecular weight excluding hydrogens is 272 g/mol. The third kappa shape index (κ3) is 1.99. The molecule has 0 aliphatic carbocycles. The maximum Gasteiger partial charge on any atom is 0.356 e. The fourth-order valence-corrected chi connectivity index (χ4v) is 1.66. The number of aromatic carboxylic acids is 1. The average molecular weight is 281 g/mol. The molecule has 2 rings (SSSR count). The van der Waals surface area contributed by atoms with E-state index in [-0.39, 0.29) is 5.69 Å². The van der Waals surface area contributed by atoms with Gasteiger partial charge in [-0.1, -0.05) is 15.9 Å². The van der Waals surface area contributed by atoms with Gasteiger partial charge in [-0.25, -0.2) is 9.48 Å². The first-order chi connectivity index (χ1) is 7.58. The predicted molar refractivity (Wildman–Crippen MR) is 63.0 cm³/mol. The zero-order chi connectivity index (χ0) is 11.7. The van der Waals surface area contributed by atoms with Gasteiger partial charge in [-0.3, -0.25) is 0 Å². The number of carbonyl (C=O) groups is 1. The second kappa shape index (κ2) is 4.09. The summed E-state index contributed by atoms with van der Waals surface area (Å²) in [5, 5.41) is 12.9. The maximum atomic E-state index is 10.8. The van der Waals surface area contributed by atoms with Crippen LogP contribution in [0, 0.1) is 6.92 Å². The Hall–Kier alpha value is -1.62. The summed E-state index contributed by atoms with van der Waals surface area (Å²) in [6.07, 6.45) is 1.70. The molecule has 5 heteroatoms. The van der Waals surface area contributed by atoms with Gasteiger partial charge >= 0.3 is 5.97 Å². The lowest BCUT2D eigenvalue weighted by Crippen LogP contribution is -2.01. The zero-order valence-electron chi connectivity index (χ0n) is 8.51. The first kappa shape index (κ1) is 10.9. The van der Waals surface area contributed by atoms with E-state index in [0.717, 1.165) is 10.2 Å². The highest BCUT2D eigenvalue weighted by Gasteiger charge is 2.12. The molecule has 82 valence electrons. The molecule has 0 unspecified atom stereocenters.